The summed E-state index contributed by atoms with van der Waals surface area (Å²) >= 11 is 1.03. The molecule has 0 saturated carbocycles. The van der Waals surface area contributed by atoms with E-state index in [0.717, 1.165) is 11.3 Å². The summed E-state index contributed by atoms with van der Waals surface area (Å²) < 4.78 is 24.1. The van der Waals surface area contributed by atoms with E-state index in [1.165, 1.54) is 18.2 Å². The molecule has 6 heteroatoms. The first-order valence-electron chi connectivity index (χ1n) is 5.07. The lowest BCUT2D eigenvalue weighted by atomic mass is 10.3. The zero-order valence-corrected chi connectivity index (χ0v) is 10.9. The van der Waals surface area contributed by atoms with Gasteiger partial charge in [0, 0.05) is 0 Å². The Morgan fingerprint density at radius 1 is 1.22 bits per heavy atom. The van der Waals surface area contributed by atoms with E-state index in [9.17, 15) is 13.2 Å². The topological polar surface area (TPSA) is 71.4 Å². The molecular weight excluding hydrogens is 272 g/mol. The molecule has 4 nitrogen and oxygen atoms in total. The molecule has 1 aromatic carbocycles. The predicted molar refractivity (Wildman–Crippen MR) is 68.6 cm³/mol. The fourth-order valence-electron chi connectivity index (χ4n) is 1.49. The molecule has 1 heterocycles. The molecule has 0 fully saturated rings. The van der Waals surface area contributed by atoms with Crippen molar-refractivity contribution in [3.05, 3.63) is 52.2 Å². The minimum Gasteiger partial charge on any atom is -0.477 e. The highest BCUT2D eigenvalue weighted by atomic mass is 32.2. The SMILES string of the molecule is O=C(O)c1cc(CS(=O)(=O)c2ccccc2)cs1. The van der Waals surface area contributed by atoms with Gasteiger partial charge in [-0.2, -0.15) is 0 Å². The van der Waals surface area contributed by atoms with Gasteiger partial charge in [-0.15, -0.1) is 11.3 Å². The van der Waals surface area contributed by atoms with E-state index in [4.69, 9.17) is 5.11 Å². The Morgan fingerprint density at radius 2 is 1.89 bits per heavy atom. The second kappa shape index (κ2) is 4.91. The largest absolute Gasteiger partial charge is 0.477 e. The third-order valence-electron chi connectivity index (χ3n) is 2.32. The Hall–Kier alpha value is -1.66. The fraction of sp³-hybridized carbons (Fsp3) is 0.0833. The second-order valence-corrected chi connectivity index (χ2v) is 6.60. The van der Waals surface area contributed by atoms with Crippen molar-refractivity contribution >= 4 is 27.1 Å². The number of carboxylic acid groups (broad SMARTS) is 1. The van der Waals surface area contributed by atoms with Crippen molar-refractivity contribution in [3.8, 4) is 0 Å². The van der Waals surface area contributed by atoms with E-state index < -0.39 is 15.8 Å². The van der Waals surface area contributed by atoms with E-state index in [0.29, 0.717) is 5.56 Å². The lowest BCUT2D eigenvalue weighted by molar-refractivity contribution is 0.0702. The number of carbonyl (C=O) groups is 1. The summed E-state index contributed by atoms with van der Waals surface area (Å²) in [7, 11) is -3.41. The number of aromatic carboxylic acids is 1. The van der Waals surface area contributed by atoms with Gasteiger partial charge in [0.25, 0.3) is 0 Å². The fourth-order valence-corrected chi connectivity index (χ4v) is 3.69. The summed E-state index contributed by atoms with van der Waals surface area (Å²) in [6, 6.07) is 9.51. The van der Waals surface area contributed by atoms with Gasteiger partial charge in [0.15, 0.2) is 9.84 Å². The number of hydrogen-bond donors (Lipinski definition) is 1. The van der Waals surface area contributed by atoms with E-state index in [-0.39, 0.29) is 15.5 Å². The molecule has 0 spiro atoms. The molecule has 0 unspecified atom stereocenters. The van der Waals surface area contributed by atoms with Crippen molar-refractivity contribution in [1.82, 2.24) is 0 Å². The maximum atomic E-state index is 12.0. The van der Waals surface area contributed by atoms with Crippen LogP contribution in [0, 0.1) is 0 Å². The summed E-state index contributed by atoms with van der Waals surface area (Å²) in [5.41, 5.74) is 0.501. The maximum Gasteiger partial charge on any atom is 0.345 e. The minimum atomic E-state index is -3.41. The zero-order valence-electron chi connectivity index (χ0n) is 9.24. The molecule has 0 amide bonds. The Morgan fingerprint density at radius 3 is 2.44 bits per heavy atom. The van der Waals surface area contributed by atoms with Crippen LogP contribution in [-0.2, 0) is 15.6 Å². The maximum absolute atomic E-state index is 12.0. The Balaban J connectivity index is 2.25. The van der Waals surface area contributed by atoms with Crippen LogP contribution >= 0.6 is 11.3 Å². The molecular formula is C12H10O4S2. The number of benzene rings is 1. The third kappa shape index (κ3) is 2.77. The summed E-state index contributed by atoms with van der Waals surface area (Å²) in [4.78, 5) is 11.1. The van der Waals surface area contributed by atoms with Gasteiger partial charge < -0.3 is 5.11 Å². The van der Waals surface area contributed by atoms with Crippen LogP contribution in [0.4, 0.5) is 0 Å². The molecule has 94 valence electrons. The van der Waals surface area contributed by atoms with Gasteiger partial charge in [0.05, 0.1) is 10.6 Å². The van der Waals surface area contributed by atoms with Crippen LogP contribution in [0.1, 0.15) is 15.2 Å². The summed E-state index contributed by atoms with van der Waals surface area (Å²) in [6.07, 6.45) is 0. The standard InChI is InChI=1S/C12H10O4S2/c13-12(14)11-6-9(7-17-11)8-18(15,16)10-4-2-1-3-5-10/h1-7H,8H2,(H,13,14). The average Bonchev–Trinajstić information content (AvgIpc) is 2.78. The molecule has 0 aliphatic rings. The molecule has 1 aromatic heterocycles. The number of rotatable bonds is 4. The van der Waals surface area contributed by atoms with E-state index in [2.05, 4.69) is 0 Å². The second-order valence-electron chi connectivity index (χ2n) is 3.70. The molecule has 0 aliphatic heterocycles. The zero-order chi connectivity index (χ0) is 13.2. The Kier molecular flexibility index (Phi) is 3.49. The van der Waals surface area contributed by atoms with Crippen LogP contribution in [-0.4, -0.2) is 19.5 Å². The summed E-state index contributed by atoms with van der Waals surface area (Å²) in [5, 5.41) is 10.3. The van der Waals surface area contributed by atoms with E-state index in [1.807, 2.05) is 0 Å². The van der Waals surface area contributed by atoms with Crippen LogP contribution in [0.5, 0.6) is 0 Å². The molecule has 0 atom stereocenters. The number of hydrogen-bond acceptors (Lipinski definition) is 4. The molecule has 1 N–H and O–H groups in total. The molecule has 0 saturated heterocycles. The molecule has 0 bridgehead atoms. The molecule has 2 rings (SSSR count). The summed E-state index contributed by atoms with van der Waals surface area (Å²) in [6.45, 7) is 0. The van der Waals surface area contributed by atoms with Crippen molar-refractivity contribution in [3.63, 3.8) is 0 Å². The van der Waals surface area contributed by atoms with Gasteiger partial charge in [-0.1, -0.05) is 18.2 Å². The Bertz CT molecular complexity index is 656. The van der Waals surface area contributed by atoms with Crippen molar-refractivity contribution in [1.29, 1.82) is 0 Å². The molecule has 2 aromatic rings. The van der Waals surface area contributed by atoms with Gasteiger partial charge >= 0.3 is 5.97 Å². The molecule has 0 radical (unpaired) electrons. The van der Waals surface area contributed by atoms with Gasteiger partial charge in [0.1, 0.15) is 4.88 Å². The lowest BCUT2D eigenvalue weighted by Gasteiger charge is -2.02. The van der Waals surface area contributed by atoms with Crippen molar-refractivity contribution in [2.45, 2.75) is 10.6 Å². The lowest BCUT2D eigenvalue weighted by Crippen LogP contribution is -2.04. The third-order valence-corrected chi connectivity index (χ3v) is 4.99. The highest BCUT2D eigenvalue weighted by molar-refractivity contribution is 7.90. The van der Waals surface area contributed by atoms with Crippen molar-refractivity contribution in [2.75, 3.05) is 0 Å². The van der Waals surface area contributed by atoms with Crippen molar-refractivity contribution < 1.29 is 18.3 Å². The first kappa shape index (κ1) is 12.8. The number of sulfone groups is 1. The van der Waals surface area contributed by atoms with Gasteiger partial charge in [-0.05, 0) is 29.1 Å². The predicted octanol–water partition coefficient (Wildman–Crippen LogP) is 2.42. The number of thiophene rings is 1. The van der Waals surface area contributed by atoms with Crippen LogP contribution in [0.25, 0.3) is 0 Å². The Labute approximate surface area is 108 Å². The van der Waals surface area contributed by atoms with Crippen LogP contribution in [0.15, 0.2) is 46.7 Å². The smallest absolute Gasteiger partial charge is 0.345 e. The van der Waals surface area contributed by atoms with Crippen LogP contribution in [0.3, 0.4) is 0 Å². The first-order valence-corrected chi connectivity index (χ1v) is 7.61. The first-order chi connectivity index (χ1) is 8.49. The van der Waals surface area contributed by atoms with Crippen LogP contribution in [0.2, 0.25) is 0 Å². The molecule has 18 heavy (non-hydrogen) atoms. The van der Waals surface area contributed by atoms with Crippen molar-refractivity contribution in [2.24, 2.45) is 0 Å². The van der Waals surface area contributed by atoms with E-state index in [1.54, 1.807) is 23.6 Å². The normalized spacial score (nSPS) is 11.3. The van der Waals surface area contributed by atoms with Crippen LogP contribution < -0.4 is 0 Å². The minimum absolute atomic E-state index is 0.147. The quantitative estimate of drug-likeness (QED) is 0.934. The summed E-state index contributed by atoms with van der Waals surface area (Å²) in [5.74, 6) is -1.22. The van der Waals surface area contributed by atoms with E-state index >= 15 is 0 Å². The highest BCUT2D eigenvalue weighted by Gasteiger charge is 2.17. The highest BCUT2D eigenvalue weighted by Crippen LogP contribution is 2.20. The van der Waals surface area contributed by atoms with Gasteiger partial charge in [0.2, 0.25) is 0 Å². The monoisotopic (exact) mass is 282 g/mol. The molecule has 0 aliphatic carbocycles. The average molecular weight is 282 g/mol. The van der Waals surface area contributed by atoms with Gasteiger partial charge in [-0.3, -0.25) is 0 Å². The van der Waals surface area contributed by atoms with Gasteiger partial charge in [-0.25, -0.2) is 13.2 Å². The number of carboxylic acids is 1.